The Morgan fingerprint density at radius 2 is 1.08 bits per heavy atom. The summed E-state index contributed by atoms with van der Waals surface area (Å²) in [5.41, 5.74) is 0.499. The summed E-state index contributed by atoms with van der Waals surface area (Å²) in [5, 5.41) is 0. The molecule has 6 atom stereocenters. The average molecular weight is 330 g/mol. The lowest BCUT2D eigenvalue weighted by Gasteiger charge is -2.47. The Bertz CT molecular complexity index is 644. The number of hydrogen-bond acceptors (Lipinski definition) is 4. The fourth-order valence-electron chi connectivity index (χ4n) is 4.76. The van der Waals surface area contributed by atoms with Crippen molar-refractivity contribution in [2.24, 2.45) is 0 Å². The van der Waals surface area contributed by atoms with E-state index in [9.17, 15) is 0 Å². The van der Waals surface area contributed by atoms with Crippen LogP contribution in [-0.4, -0.2) is 48.8 Å². The third-order valence-electron chi connectivity index (χ3n) is 5.67. The number of ether oxygens (including phenoxy) is 4. The smallest absolute Gasteiger partial charge is 0.115 e. The molecule has 0 saturated heterocycles. The predicted molar refractivity (Wildman–Crippen MR) is 91.8 cm³/mol. The Balaban J connectivity index is 1.86. The van der Waals surface area contributed by atoms with Gasteiger partial charge >= 0.3 is 0 Å². The van der Waals surface area contributed by atoms with E-state index in [0.29, 0.717) is 0 Å². The van der Waals surface area contributed by atoms with E-state index in [2.05, 4.69) is 64.2 Å². The first-order valence-electron chi connectivity index (χ1n) is 8.49. The van der Waals surface area contributed by atoms with Crippen LogP contribution in [-0.2, 0) is 18.9 Å². The molecule has 0 aromatic rings. The Morgan fingerprint density at radius 3 is 1.42 bits per heavy atom. The normalized spacial score (nSPS) is 51.8. The van der Waals surface area contributed by atoms with Gasteiger partial charge in [-0.1, -0.05) is 24.3 Å². The molecule has 4 heterocycles. The number of fused-ring (bicyclic) bond motifs is 4. The molecule has 0 unspecified atom stereocenters. The summed E-state index contributed by atoms with van der Waals surface area (Å²) in [6.45, 7) is 8.32. The number of rotatable bonds is 3. The molecule has 0 spiro atoms. The first-order valence-corrected chi connectivity index (χ1v) is 8.49. The van der Waals surface area contributed by atoms with Gasteiger partial charge in [0.25, 0.3) is 0 Å². The minimum atomic E-state index is -0.473. The lowest BCUT2D eigenvalue weighted by molar-refractivity contribution is -0.133. The molecule has 0 amide bonds. The van der Waals surface area contributed by atoms with E-state index in [0.717, 1.165) is 11.1 Å². The maximum atomic E-state index is 6.26. The molecule has 4 bridgehead atoms. The molecule has 130 valence electrons. The molecule has 4 heteroatoms. The van der Waals surface area contributed by atoms with Gasteiger partial charge in [0.05, 0.1) is 0 Å². The van der Waals surface area contributed by atoms with Crippen LogP contribution in [0.3, 0.4) is 0 Å². The lowest BCUT2D eigenvalue weighted by Crippen LogP contribution is -2.53. The van der Waals surface area contributed by atoms with Crippen molar-refractivity contribution in [3.63, 3.8) is 0 Å². The predicted octanol–water partition coefficient (Wildman–Crippen LogP) is 3.10. The zero-order valence-electron chi connectivity index (χ0n) is 15.3. The van der Waals surface area contributed by atoms with Crippen molar-refractivity contribution in [1.29, 1.82) is 0 Å². The van der Waals surface area contributed by atoms with Crippen molar-refractivity contribution in [3.8, 4) is 0 Å². The zero-order valence-corrected chi connectivity index (χ0v) is 15.3. The lowest BCUT2D eigenvalue weighted by atomic mass is 9.78. The molecule has 0 fully saturated rings. The highest BCUT2D eigenvalue weighted by Gasteiger charge is 2.55. The van der Waals surface area contributed by atoms with Crippen molar-refractivity contribution in [3.05, 3.63) is 47.6 Å². The molecular weight excluding hydrogens is 304 g/mol. The Kier molecular flexibility index (Phi) is 3.19. The van der Waals surface area contributed by atoms with Crippen molar-refractivity contribution < 1.29 is 18.9 Å². The van der Waals surface area contributed by atoms with Crippen molar-refractivity contribution in [2.45, 2.75) is 62.3 Å². The van der Waals surface area contributed by atoms with Gasteiger partial charge in [0.1, 0.15) is 34.6 Å². The average Bonchev–Trinajstić information content (AvgIpc) is 2.90. The van der Waals surface area contributed by atoms with Crippen LogP contribution in [0.5, 0.6) is 0 Å². The second-order valence-corrected chi connectivity index (χ2v) is 8.04. The Hall–Kier alpha value is -1.20. The van der Waals surface area contributed by atoms with Crippen molar-refractivity contribution in [2.75, 3.05) is 14.2 Å². The molecule has 0 radical (unpaired) electrons. The van der Waals surface area contributed by atoms with E-state index in [1.165, 1.54) is 0 Å². The fourth-order valence-corrected chi connectivity index (χ4v) is 4.76. The standard InChI is InChI=1S/C20H26O4/c1-17-7-9-19(3,23-17)15(21-5)13(11-17)14-12-18(2)8-10-20(4,24-18)16(14)22-6/h7-12,15-16H,1-6H3/t15-,16-,17+,18+,19-,20-/m0/s1. The minimum absolute atomic E-state index is 0.182. The van der Waals surface area contributed by atoms with E-state index >= 15 is 0 Å². The van der Waals surface area contributed by atoms with Crippen LogP contribution in [0.15, 0.2) is 47.6 Å². The molecule has 0 N–H and O–H groups in total. The summed E-state index contributed by atoms with van der Waals surface area (Å²) < 4.78 is 24.3. The summed E-state index contributed by atoms with van der Waals surface area (Å²) in [4.78, 5) is 0. The molecular formula is C20H26O4. The second kappa shape index (κ2) is 4.70. The maximum Gasteiger partial charge on any atom is 0.115 e. The van der Waals surface area contributed by atoms with Gasteiger partial charge in [-0.05, 0) is 51.0 Å². The second-order valence-electron chi connectivity index (χ2n) is 8.04. The van der Waals surface area contributed by atoms with Crippen molar-refractivity contribution in [1.82, 2.24) is 0 Å². The molecule has 0 saturated carbocycles. The Morgan fingerprint density at radius 1 is 0.708 bits per heavy atom. The van der Waals surface area contributed by atoms with Gasteiger partial charge in [0, 0.05) is 14.2 Å². The Labute approximate surface area is 143 Å². The van der Waals surface area contributed by atoms with Gasteiger partial charge in [-0.2, -0.15) is 0 Å². The first kappa shape index (κ1) is 16.3. The van der Waals surface area contributed by atoms with Crippen LogP contribution in [0.4, 0.5) is 0 Å². The molecule has 24 heavy (non-hydrogen) atoms. The number of methoxy groups -OCH3 is 2. The third kappa shape index (κ3) is 2.07. The van der Waals surface area contributed by atoms with Crippen LogP contribution in [0.2, 0.25) is 0 Å². The van der Waals surface area contributed by atoms with Gasteiger partial charge in [-0.25, -0.2) is 0 Å². The van der Waals surface area contributed by atoms with Crippen LogP contribution in [0.1, 0.15) is 27.7 Å². The van der Waals surface area contributed by atoms with Crippen LogP contribution < -0.4 is 0 Å². The highest BCUT2D eigenvalue weighted by atomic mass is 16.6. The quantitative estimate of drug-likeness (QED) is 0.745. The largest absolute Gasteiger partial charge is 0.373 e. The topological polar surface area (TPSA) is 36.9 Å². The third-order valence-corrected chi connectivity index (χ3v) is 5.67. The van der Waals surface area contributed by atoms with E-state index in [4.69, 9.17) is 18.9 Å². The van der Waals surface area contributed by atoms with Gasteiger partial charge in [-0.15, -0.1) is 0 Å². The molecule has 4 rings (SSSR count). The highest BCUT2D eigenvalue weighted by Crippen LogP contribution is 2.50. The van der Waals surface area contributed by atoms with Gasteiger partial charge in [0.2, 0.25) is 0 Å². The fraction of sp³-hybridized carbons (Fsp3) is 0.600. The highest BCUT2D eigenvalue weighted by molar-refractivity contribution is 5.53. The monoisotopic (exact) mass is 330 g/mol. The van der Waals surface area contributed by atoms with Gasteiger partial charge < -0.3 is 18.9 Å². The van der Waals surface area contributed by atoms with Gasteiger partial charge in [0.15, 0.2) is 0 Å². The van der Waals surface area contributed by atoms with E-state index in [1.54, 1.807) is 14.2 Å². The van der Waals surface area contributed by atoms with E-state index < -0.39 is 22.4 Å². The maximum absolute atomic E-state index is 6.26. The van der Waals surface area contributed by atoms with Gasteiger partial charge in [-0.3, -0.25) is 0 Å². The summed E-state index contributed by atoms with van der Waals surface area (Å²) >= 11 is 0. The van der Waals surface area contributed by atoms with Crippen LogP contribution >= 0.6 is 0 Å². The SMILES string of the molecule is CO[C@H]1C(C2=C[C@@]3(C)C=C[C@](C)(O3)[C@H]2OC)=C[C@@]2(C)C=C[C@]1(C)O2. The zero-order chi connectivity index (χ0) is 17.4. The first-order chi connectivity index (χ1) is 11.2. The van der Waals surface area contributed by atoms with Crippen molar-refractivity contribution >= 4 is 0 Å². The summed E-state index contributed by atoms with van der Waals surface area (Å²) in [6, 6.07) is 0. The van der Waals surface area contributed by atoms with Crippen LogP contribution in [0, 0.1) is 0 Å². The summed E-state index contributed by atoms with van der Waals surface area (Å²) in [7, 11) is 3.47. The van der Waals surface area contributed by atoms with E-state index in [1.807, 2.05) is 0 Å². The summed E-state index contributed by atoms with van der Waals surface area (Å²) in [6.07, 6.45) is 12.4. The molecule has 0 aliphatic carbocycles. The molecule has 0 aromatic carbocycles. The molecule has 0 aromatic heterocycles. The number of hydrogen-bond donors (Lipinski definition) is 0. The summed E-state index contributed by atoms with van der Waals surface area (Å²) in [5.74, 6) is 0. The minimum Gasteiger partial charge on any atom is -0.373 e. The molecule has 4 nitrogen and oxygen atoms in total. The molecule has 4 aliphatic heterocycles. The van der Waals surface area contributed by atoms with E-state index in [-0.39, 0.29) is 12.2 Å². The molecule has 4 aliphatic rings. The van der Waals surface area contributed by atoms with Crippen LogP contribution in [0.25, 0.3) is 0 Å².